The topological polar surface area (TPSA) is 79.3 Å². The van der Waals surface area contributed by atoms with Crippen LogP contribution in [0.1, 0.15) is 19.8 Å². The summed E-state index contributed by atoms with van der Waals surface area (Å²) >= 11 is 6.46. The Kier molecular flexibility index (Phi) is 5.13. The van der Waals surface area contributed by atoms with Gasteiger partial charge in [0, 0.05) is 6.54 Å². The standard InChI is InChI=1S/C8H13ClN2O3S2/c1-6(12)3-2-4-11-16(13,14)7-5-10-8(9)15-7/h5-6,11-12H,2-4H2,1H3. The Balaban J connectivity index is 2.47. The molecule has 1 aromatic rings. The second-order valence-corrected chi connectivity index (χ2v) is 6.93. The molecule has 0 saturated heterocycles. The van der Waals surface area contributed by atoms with Crippen molar-refractivity contribution in [1.29, 1.82) is 0 Å². The Bertz CT molecular complexity index is 430. The molecule has 92 valence electrons. The Hall–Kier alpha value is -0.210. The number of sulfonamides is 1. The van der Waals surface area contributed by atoms with E-state index in [0.717, 1.165) is 11.3 Å². The lowest BCUT2D eigenvalue weighted by atomic mass is 10.2. The number of nitrogens with zero attached hydrogens (tertiary/aromatic N) is 1. The number of nitrogens with one attached hydrogen (secondary N) is 1. The predicted molar refractivity (Wildman–Crippen MR) is 63.2 cm³/mol. The third-order valence-electron chi connectivity index (χ3n) is 1.81. The van der Waals surface area contributed by atoms with E-state index in [-0.39, 0.29) is 8.68 Å². The second kappa shape index (κ2) is 5.92. The Labute approximate surface area is 104 Å². The van der Waals surface area contributed by atoms with Gasteiger partial charge in [-0.2, -0.15) is 0 Å². The van der Waals surface area contributed by atoms with Gasteiger partial charge >= 0.3 is 0 Å². The van der Waals surface area contributed by atoms with Crippen LogP contribution in [0.5, 0.6) is 0 Å². The molecule has 0 aliphatic rings. The smallest absolute Gasteiger partial charge is 0.251 e. The molecular formula is C8H13ClN2O3S2. The van der Waals surface area contributed by atoms with Gasteiger partial charge in [0.15, 0.2) is 8.68 Å². The normalized spacial score (nSPS) is 13.9. The molecule has 1 heterocycles. The van der Waals surface area contributed by atoms with Crippen molar-refractivity contribution in [2.24, 2.45) is 0 Å². The van der Waals surface area contributed by atoms with Crippen LogP contribution in [-0.2, 0) is 10.0 Å². The van der Waals surface area contributed by atoms with Crippen molar-refractivity contribution in [3.8, 4) is 0 Å². The van der Waals surface area contributed by atoms with Crippen molar-refractivity contribution < 1.29 is 13.5 Å². The van der Waals surface area contributed by atoms with E-state index in [9.17, 15) is 8.42 Å². The van der Waals surface area contributed by atoms with Crippen molar-refractivity contribution in [3.05, 3.63) is 10.7 Å². The number of hydrogen-bond donors (Lipinski definition) is 2. The molecule has 0 amide bonds. The van der Waals surface area contributed by atoms with Crippen LogP contribution in [0.3, 0.4) is 0 Å². The number of rotatable bonds is 6. The average molecular weight is 285 g/mol. The van der Waals surface area contributed by atoms with Gasteiger partial charge in [-0.25, -0.2) is 18.1 Å². The monoisotopic (exact) mass is 284 g/mol. The molecule has 1 aromatic heterocycles. The molecule has 2 N–H and O–H groups in total. The first kappa shape index (κ1) is 13.9. The first-order chi connectivity index (χ1) is 7.42. The fourth-order valence-electron chi connectivity index (χ4n) is 1.04. The molecule has 0 aromatic carbocycles. The van der Waals surface area contributed by atoms with Gasteiger partial charge in [-0.05, 0) is 19.8 Å². The maximum atomic E-state index is 11.6. The van der Waals surface area contributed by atoms with E-state index >= 15 is 0 Å². The largest absolute Gasteiger partial charge is 0.393 e. The molecule has 5 nitrogen and oxygen atoms in total. The minimum Gasteiger partial charge on any atom is -0.393 e. The molecule has 0 spiro atoms. The van der Waals surface area contributed by atoms with Crippen molar-refractivity contribution in [1.82, 2.24) is 9.71 Å². The minimum absolute atomic E-state index is 0.106. The highest BCUT2D eigenvalue weighted by Gasteiger charge is 2.16. The van der Waals surface area contributed by atoms with Crippen LogP contribution in [0, 0.1) is 0 Å². The SMILES string of the molecule is CC(O)CCCNS(=O)(=O)c1cnc(Cl)s1. The highest BCUT2D eigenvalue weighted by Crippen LogP contribution is 2.21. The molecule has 0 bridgehead atoms. The number of halogens is 1. The lowest BCUT2D eigenvalue weighted by Gasteiger charge is -2.05. The Morgan fingerprint density at radius 3 is 2.88 bits per heavy atom. The molecule has 8 heteroatoms. The summed E-state index contributed by atoms with van der Waals surface area (Å²) in [5, 5.41) is 9.00. The maximum Gasteiger partial charge on any atom is 0.251 e. The van der Waals surface area contributed by atoms with Crippen molar-refractivity contribution in [3.63, 3.8) is 0 Å². The quantitative estimate of drug-likeness (QED) is 0.770. The third-order valence-corrected chi connectivity index (χ3v) is 4.85. The van der Waals surface area contributed by atoms with E-state index in [1.165, 1.54) is 6.20 Å². The summed E-state index contributed by atoms with van der Waals surface area (Å²) < 4.78 is 26.0. The molecule has 0 aliphatic heterocycles. The van der Waals surface area contributed by atoms with E-state index in [1.807, 2.05) is 0 Å². The summed E-state index contributed by atoms with van der Waals surface area (Å²) in [7, 11) is -3.50. The van der Waals surface area contributed by atoms with Crippen LogP contribution in [0.2, 0.25) is 4.47 Å². The van der Waals surface area contributed by atoms with Crippen LogP contribution in [0.4, 0.5) is 0 Å². The Morgan fingerprint density at radius 2 is 2.38 bits per heavy atom. The zero-order valence-corrected chi connectivity index (χ0v) is 11.1. The summed E-state index contributed by atoms with van der Waals surface area (Å²) in [6.45, 7) is 1.96. The van der Waals surface area contributed by atoms with Gasteiger partial charge in [0.25, 0.3) is 10.0 Å². The number of aliphatic hydroxyl groups excluding tert-OH is 1. The van der Waals surface area contributed by atoms with Crippen molar-refractivity contribution in [2.75, 3.05) is 6.54 Å². The summed E-state index contributed by atoms with van der Waals surface area (Å²) in [6, 6.07) is 0. The number of hydrogen-bond acceptors (Lipinski definition) is 5. The number of aromatic nitrogens is 1. The third kappa shape index (κ3) is 4.34. The van der Waals surface area contributed by atoms with Crippen LogP contribution in [0.25, 0.3) is 0 Å². The summed E-state index contributed by atoms with van der Waals surface area (Å²) in [5.41, 5.74) is 0. The van der Waals surface area contributed by atoms with E-state index in [2.05, 4.69) is 9.71 Å². The van der Waals surface area contributed by atoms with Crippen LogP contribution >= 0.6 is 22.9 Å². The first-order valence-electron chi connectivity index (χ1n) is 4.71. The summed E-state index contributed by atoms with van der Waals surface area (Å²) in [6.07, 6.45) is 1.96. The molecular weight excluding hydrogens is 272 g/mol. The van der Waals surface area contributed by atoms with Gasteiger partial charge in [-0.15, -0.1) is 0 Å². The van der Waals surface area contributed by atoms with Crippen LogP contribution < -0.4 is 4.72 Å². The van der Waals surface area contributed by atoms with Crippen LogP contribution in [-0.4, -0.2) is 31.2 Å². The van der Waals surface area contributed by atoms with Gasteiger partial charge in [0.05, 0.1) is 12.3 Å². The lowest BCUT2D eigenvalue weighted by Crippen LogP contribution is -2.24. The van der Waals surface area contributed by atoms with Gasteiger partial charge in [0.2, 0.25) is 0 Å². The fourth-order valence-corrected chi connectivity index (χ4v) is 3.45. The minimum atomic E-state index is -3.50. The van der Waals surface area contributed by atoms with Gasteiger partial charge in [0.1, 0.15) is 0 Å². The van der Waals surface area contributed by atoms with E-state index in [0.29, 0.717) is 19.4 Å². The van der Waals surface area contributed by atoms with Gasteiger partial charge in [-0.1, -0.05) is 22.9 Å². The highest BCUT2D eigenvalue weighted by atomic mass is 35.5. The molecule has 1 unspecified atom stereocenters. The molecule has 0 aliphatic carbocycles. The van der Waals surface area contributed by atoms with E-state index in [4.69, 9.17) is 16.7 Å². The molecule has 16 heavy (non-hydrogen) atoms. The molecule has 0 fully saturated rings. The second-order valence-electron chi connectivity index (χ2n) is 3.32. The predicted octanol–water partition coefficient (Wildman–Crippen LogP) is 1.24. The Morgan fingerprint density at radius 1 is 1.69 bits per heavy atom. The number of thiazole rings is 1. The lowest BCUT2D eigenvalue weighted by molar-refractivity contribution is 0.182. The first-order valence-corrected chi connectivity index (χ1v) is 7.38. The van der Waals surface area contributed by atoms with Crippen molar-refractivity contribution >= 4 is 33.0 Å². The van der Waals surface area contributed by atoms with E-state index in [1.54, 1.807) is 6.92 Å². The maximum absolute atomic E-state index is 11.6. The highest BCUT2D eigenvalue weighted by molar-refractivity contribution is 7.91. The average Bonchev–Trinajstić information content (AvgIpc) is 2.60. The van der Waals surface area contributed by atoms with Gasteiger partial charge < -0.3 is 5.11 Å². The molecule has 0 radical (unpaired) electrons. The molecule has 1 atom stereocenters. The zero-order chi connectivity index (χ0) is 12.2. The van der Waals surface area contributed by atoms with Crippen molar-refractivity contribution in [2.45, 2.75) is 30.1 Å². The van der Waals surface area contributed by atoms with Gasteiger partial charge in [-0.3, -0.25) is 0 Å². The number of aliphatic hydroxyl groups is 1. The zero-order valence-electron chi connectivity index (χ0n) is 8.68. The molecule has 0 saturated carbocycles. The molecule has 1 rings (SSSR count). The van der Waals surface area contributed by atoms with Crippen LogP contribution in [0.15, 0.2) is 10.4 Å². The summed E-state index contributed by atoms with van der Waals surface area (Å²) in [4.78, 5) is 3.66. The fraction of sp³-hybridized carbons (Fsp3) is 0.625. The van der Waals surface area contributed by atoms with E-state index < -0.39 is 16.1 Å². The summed E-state index contributed by atoms with van der Waals surface area (Å²) in [5.74, 6) is 0.